The molecule has 4 rings (SSSR count). The monoisotopic (exact) mass is 311 g/mol. The lowest BCUT2D eigenvalue weighted by Gasteiger charge is -2.24. The summed E-state index contributed by atoms with van der Waals surface area (Å²) >= 11 is 0. The Morgan fingerprint density at radius 3 is 2.29 bits per heavy atom. The van der Waals surface area contributed by atoms with Gasteiger partial charge in [0, 0.05) is 24.0 Å². The highest BCUT2D eigenvalue weighted by Gasteiger charge is 2.13. The molecule has 0 amide bonds. The molecule has 0 unspecified atom stereocenters. The third-order valence-corrected chi connectivity index (χ3v) is 4.76. The molecule has 0 fully saturated rings. The van der Waals surface area contributed by atoms with E-state index in [0.29, 0.717) is 0 Å². The summed E-state index contributed by atoms with van der Waals surface area (Å²) in [6, 6.07) is 25.9. The Morgan fingerprint density at radius 1 is 0.750 bits per heavy atom. The summed E-state index contributed by atoms with van der Waals surface area (Å²) in [5.41, 5.74) is 7.80. The molecule has 0 heterocycles. The molecule has 0 radical (unpaired) electrons. The fourth-order valence-corrected chi connectivity index (χ4v) is 3.39. The van der Waals surface area contributed by atoms with Crippen LogP contribution in [-0.2, 0) is 6.42 Å². The molecule has 1 aliphatic carbocycles. The van der Waals surface area contributed by atoms with Gasteiger partial charge in [-0.3, -0.25) is 0 Å². The van der Waals surface area contributed by atoms with Crippen molar-refractivity contribution in [2.45, 2.75) is 12.8 Å². The van der Waals surface area contributed by atoms with Crippen molar-refractivity contribution >= 4 is 17.5 Å². The molecule has 0 atom stereocenters. The quantitative estimate of drug-likeness (QED) is 0.566. The van der Waals surface area contributed by atoms with Crippen LogP contribution >= 0.6 is 0 Å². The largest absolute Gasteiger partial charge is 0.344 e. The minimum atomic E-state index is 1.14. The van der Waals surface area contributed by atoms with Crippen molar-refractivity contribution in [3.8, 4) is 11.1 Å². The van der Waals surface area contributed by atoms with E-state index < -0.39 is 0 Å². The SMILES string of the molecule is CN(c1ccc(-c2ccccc2)cc1)c1cccc2c1C=CCC2. The number of allylic oxidation sites excluding steroid dienone is 1. The Balaban J connectivity index is 1.66. The number of rotatable bonds is 3. The molecule has 0 saturated heterocycles. The molecule has 0 N–H and O–H groups in total. The Kier molecular flexibility index (Phi) is 3.92. The van der Waals surface area contributed by atoms with E-state index in [1.165, 1.54) is 33.6 Å². The average Bonchev–Trinajstić information content (AvgIpc) is 2.68. The maximum Gasteiger partial charge on any atom is 0.0484 e. The van der Waals surface area contributed by atoms with Crippen LogP contribution in [0.3, 0.4) is 0 Å². The summed E-state index contributed by atoms with van der Waals surface area (Å²) in [5, 5.41) is 0. The molecule has 3 aromatic rings. The van der Waals surface area contributed by atoms with Crippen molar-refractivity contribution in [2.75, 3.05) is 11.9 Å². The smallest absolute Gasteiger partial charge is 0.0484 e. The highest BCUT2D eigenvalue weighted by atomic mass is 15.1. The number of hydrogen-bond acceptors (Lipinski definition) is 1. The van der Waals surface area contributed by atoms with Crippen LogP contribution in [0, 0.1) is 0 Å². The van der Waals surface area contributed by atoms with Gasteiger partial charge in [0.1, 0.15) is 0 Å². The van der Waals surface area contributed by atoms with Gasteiger partial charge in [-0.1, -0.05) is 66.7 Å². The maximum absolute atomic E-state index is 2.28. The Hall–Kier alpha value is -2.80. The van der Waals surface area contributed by atoms with Crippen molar-refractivity contribution in [1.29, 1.82) is 0 Å². The fourth-order valence-electron chi connectivity index (χ4n) is 3.39. The van der Waals surface area contributed by atoms with Gasteiger partial charge in [-0.15, -0.1) is 0 Å². The van der Waals surface area contributed by atoms with Crippen LogP contribution < -0.4 is 4.90 Å². The van der Waals surface area contributed by atoms with Crippen molar-refractivity contribution in [2.24, 2.45) is 0 Å². The lowest BCUT2D eigenvalue weighted by Crippen LogP contribution is -2.12. The van der Waals surface area contributed by atoms with Crippen LogP contribution in [-0.4, -0.2) is 7.05 Å². The topological polar surface area (TPSA) is 3.24 Å². The average molecular weight is 311 g/mol. The summed E-state index contributed by atoms with van der Waals surface area (Å²) in [7, 11) is 2.15. The number of hydrogen-bond donors (Lipinski definition) is 0. The summed E-state index contributed by atoms with van der Waals surface area (Å²) in [6.07, 6.45) is 6.83. The van der Waals surface area contributed by atoms with E-state index in [0.717, 1.165) is 12.8 Å². The normalized spacial score (nSPS) is 12.7. The lowest BCUT2D eigenvalue weighted by molar-refractivity contribution is 0.982. The predicted molar refractivity (Wildman–Crippen MR) is 104 cm³/mol. The van der Waals surface area contributed by atoms with Gasteiger partial charge in [0.25, 0.3) is 0 Å². The van der Waals surface area contributed by atoms with E-state index in [2.05, 4.69) is 96.9 Å². The van der Waals surface area contributed by atoms with Crippen molar-refractivity contribution in [1.82, 2.24) is 0 Å². The number of anilines is 2. The third-order valence-electron chi connectivity index (χ3n) is 4.76. The minimum Gasteiger partial charge on any atom is -0.344 e. The summed E-state index contributed by atoms with van der Waals surface area (Å²) < 4.78 is 0. The number of benzene rings is 3. The first-order valence-electron chi connectivity index (χ1n) is 8.50. The van der Waals surface area contributed by atoms with E-state index in [1.807, 2.05) is 0 Å². The highest BCUT2D eigenvalue weighted by molar-refractivity contribution is 5.77. The van der Waals surface area contributed by atoms with Crippen molar-refractivity contribution < 1.29 is 0 Å². The van der Waals surface area contributed by atoms with Crippen LogP contribution in [0.4, 0.5) is 11.4 Å². The van der Waals surface area contributed by atoms with Crippen LogP contribution in [0.25, 0.3) is 17.2 Å². The first-order valence-corrected chi connectivity index (χ1v) is 8.50. The Labute approximate surface area is 143 Å². The Bertz CT molecular complexity index is 860. The second-order valence-corrected chi connectivity index (χ2v) is 6.26. The van der Waals surface area contributed by atoms with Crippen molar-refractivity contribution in [3.05, 3.63) is 90.0 Å². The molecule has 0 spiro atoms. The molecule has 0 aromatic heterocycles. The molecule has 24 heavy (non-hydrogen) atoms. The summed E-state index contributed by atoms with van der Waals surface area (Å²) in [4.78, 5) is 2.28. The van der Waals surface area contributed by atoms with Gasteiger partial charge in [0.15, 0.2) is 0 Å². The second-order valence-electron chi connectivity index (χ2n) is 6.26. The number of fused-ring (bicyclic) bond motifs is 1. The van der Waals surface area contributed by atoms with Gasteiger partial charge >= 0.3 is 0 Å². The van der Waals surface area contributed by atoms with Gasteiger partial charge in [-0.25, -0.2) is 0 Å². The van der Waals surface area contributed by atoms with Gasteiger partial charge in [-0.05, 0) is 47.7 Å². The number of nitrogens with zero attached hydrogens (tertiary/aromatic N) is 1. The summed E-state index contributed by atoms with van der Waals surface area (Å²) in [5.74, 6) is 0. The minimum absolute atomic E-state index is 1.14. The van der Waals surface area contributed by atoms with Crippen LogP contribution in [0.1, 0.15) is 17.5 Å². The van der Waals surface area contributed by atoms with E-state index in [1.54, 1.807) is 0 Å². The van der Waals surface area contributed by atoms with Crippen molar-refractivity contribution in [3.63, 3.8) is 0 Å². The molecule has 0 bridgehead atoms. The predicted octanol–water partition coefficient (Wildman–Crippen LogP) is 6.08. The zero-order valence-electron chi connectivity index (χ0n) is 13.9. The Morgan fingerprint density at radius 2 is 1.50 bits per heavy atom. The fraction of sp³-hybridized carbons (Fsp3) is 0.130. The molecule has 1 heteroatoms. The zero-order chi connectivity index (χ0) is 16.4. The molecule has 0 aliphatic heterocycles. The molecule has 0 saturated carbocycles. The van der Waals surface area contributed by atoms with Gasteiger partial charge < -0.3 is 4.90 Å². The first kappa shape index (κ1) is 14.8. The van der Waals surface area contributed by atoms with Gasteiger partial charge in [-0.2, -0.15) is 0 Å². The lowest BCUT2D eigenvalue weighted by atomic mass is 9.95. The maximum atomic E-state index is 2.28. The second kappa shape index (κ2) is 6.37. The van der Waals surface area contributed by atoms with E-state index in [4.69, 9.17) is 0 Å². The zero-order valence-corrected chi connectivity index (χ0v) is 13.9. The first-order chi connectivity index (χ1) is 11.8. The standard InChI is InChI=1S/C23H21N/c1-24(23-13-7-11-20-10-5-6-12-22(20)23)21-16-14-19(15-17-21)18-8-3-2-4-9-18/h2-4,6-9,11-17H,5,10H2,1H3. The van der Waals surface area contributed by atoms with Gasteiger partial charge in [0.2, 0.25) is 0 Å². The van der Waals surface area contributed by atoms with Gasteiger partial charge in [0.05, 0.1) is 0 Å². The van der Waals surface area contributed by atoms with Crippen LogP contribution in [0.5, 0.6) is 0 Å². The van der Waals surface area contributed by atoms with Crippen LogP contribution in [0.2, 0.25) is 0 Å². The molecular weight excluding hydrogens is 290 g/mol. The summed E-state index contributed by atoms with van der Waals surface area (Å²) in [6.45, 7) is 0. The molecular formula is C23H21N. The molecule has 1 aliphatic rings. The van der Waals surface area contributed by atoms with E-state index in [-0.39, 0.29) is 0 Å². The molecule has 1 nitrogen and oxygen atoms in total. The van der Waals surface area contributed by atoms with Crippen LogP contribution in [0.15, 0.2) is 78.9 Å². The van der Waals surface area contributed by atoms with E-state index >= 15 is 0 Å². The molecule has 3 aromatic carbocycles. The third kappa shape index (κ3) is 2.74. The van der Waals surface area contributed by atoms with E-state index in [9.17, 15) is 0 Å². The molecule has 118 valence electrons. The number of aryl methyl sites for hydroxylation is 1. The highest BCUT2D eigenvalue weighted by Crippen LogP contribution is 2.33.